The zero-order chi connectivity index (χ0) is 20.2. The van der Waals surface area contributed by atoms with Crippen LogP contribution in [0.25, 0.3) is 10.9 Å². The summed E-state index contributed by atoms with van der Waals surface area (Å²) < 4.78 is 36.2. The Morgan fingerprint density at radius 2 is 2.11 bits per heavy atom. The molecule has 0 amide bonds. The van der Waals surface area contributed by atoms with Crippen molar-refractivity contribution in [1.82, 2.24) is 4.57 Å². The second-order valence-corrected chi connectivity index (χ2v) is 7.35. The number of rotatable bonds is 4. The van der Waals surface area contributed by atoms with Crippen LogP contribution < -0.4 is 20.8 Å². The molecule has 0 bridgehead atoms. The van der Waals surface area contributed by atoms with Gasteiger partial charge in [-0.3, -0.25) is 4.79 Å². The first-order valence-corrected chi connectivity index (χ1v) is 8.89. The van der Waals surface area contributed by atoms with Crippen LogP contribution in [0.2, 0.25) is 0 Å². The molecule has 2 fully saturated rings. The number of aromatic nitrogens is 1. The predicted molar refractivity (Wildman–Crippen MR) is 95.9 cm³/mol. The maximum Gasteiger partial charge on any atom is 0.511 e. The second-order valence-electron chi connectivity index (χ2n) is 7.35. The van der Waals surface area contributed by atoms with E-state index < -0.39 is 34.6 Å². The van der Waals surface area contributed by atoms with Gasteiger partial charge in [0.15, 0.2) is 11.6 Å². The molecule has 1 aliphatic carbocycles. The van der Waals surface area contributed by atoms with Crippen LogP contribution >= 0.6 is 0 Å². The summed E-state index contributed by atoms with van der Waals surface area (Å²) in [5.41, 5.74) is 2.97. The molecule has 0 radical (unpaired) electrons. The van der Waals surface area contributed by atoms with Crippen LogP contribution in [0.3, 0.4) is 0 Å². The van der Waals surface area contributed by atoms with E-state index in [1.54, 1.807) is 0 Å². The average Bonchev–Trinajstić information content (AvgIpc) is 3.40. The first-order chi connectivity index (χ1) is 13.2. The normalized spacial score (nSPS) is 22.1. The number of anilines is 1. The lowest BCUT2D eigenvalue weighted by Crippen LogP contribution is -2.40. The number of hydrogen-bond donors (Lipinski definition) is 3. The van der Waals surface area contributed by atoms with Gasteiger partial charge in [0, 0.05) is 25.7 Å². The summed E-state index contributed by atoms with van der Waals surface area (Å²) in [5, 5.41) is 18.8. The van der Waals surface area contributed by atoms with Crippen LogP contribution in [0, 0.1) is 11.6 Å². The molecule has 150 valence electrons. The van der Waals surface area contributed by atoms with E-state index in [1.165, 1.54) is 9.47 Å². The number of fused-ring (bicyclic) bond motifs is 1. The Labute approximate surface area is 157 Å². The van der Waals surface area contributed by atoms with Gasteiger partial charge in [-0.1, -0.05) is 0 Å². The Balaban J connectivity index is 1.92. The molecule has 10 heteroatoms. The molecule has 1 saturated carbocycles. The molecule has 4 rings (SSSR count). The minimum Gasteiger partial charge on any atom is -0.449 e. The summed E-state index contributed by atoms with van der Waals surface area (Å²) in [5.74, 6) is -2.41. The van der Waals surface area contributed by atoms with Gasteiger partial charge in [0.05, 0.1) is 22.7 Å². The van der Waals surface area contributed by atoms with Crippen molar-refractivity contribution >= 4 is 22.7 Å². The third-order valence-corrected chi connectivity index (χ3v) is 5.32. The highest BCUT2D eigenvalue weighted by molar-refractivity contribution is 5.86. The first-order valence-electron chi connectivity index (χ1n) is 8.89. The Morgan fingerprint density at radius 1 is 1.39 bits per heavy atom. The number of pyridine rings is 1. The zero-order valence-electron chi connectivity index (χ0n) is 14.8. The third kappa shape index (κ3) is 2.98. The van der Waals surface area contributed by atoms with E-state index in [0.29, 0.717) is 12.8 Å². The maximum atomic E-state index is 15.4. The summed E-state index contributed by atoms with van der Waals surface area (Å²) in [6, 6.07) is 0.760. The van der Waals surface area contributed by atoms with Gasteiger partial charge >= 0.3 is 6.16 Å². The third-order valence-electron chi connectivity index (χ3n) is 5.32. The van der Waals surface area contributed by atoms with E-state index in [9.17, 15) is 19.1 Å². The number of nitrogens with zero attached hydrogens (tertiary/aromatic N) is 2. The molecular weight excluding hydrogens is 376 g/mol. The highest BCUT2D eigenvalue weighted by Gasteiger charge is 2.38. The number of nitrogens with two attached hydrogens (primary N) is 1. The smallest absolute Gasteiger partial charge is 0.449 e. The maximum absolute atomic E-state index is 15.4. The molecule has 1 atom stereocenters. The molecule has 2 aromatic rings. The Hall–Kier alpha value is -2.72. The van der Waals surface area contributed by atoms with Gasteiger partial charge in [-0.2, -0.15) is 0 Å². The van der Waals surface area contributed by atoms with Crippen LogP contribution in [-0.2, 0) is 0 Å². The fraction of sp³-hybridized carbons (Fsp3) is 0.444. The first kappa shape index (κ1) is 18.6. The summed E-state index contributed by atoms with van der Waals surface area (Å²) in [4.78, 5) is 24.8. The molecule has 1 aliphatic heterocycles. The molecule has 0 spiro atoms. The molecule has 2 heterocycles. The van der Waals surface area contributed by atoms with E-state index in [1.807, 2.05) is 0 Å². The number of aliphatic hydroxyl groups is 1. The summed E-state index contributed by atoms with van der Waals surface area (Å²) in [6.07, 6.45) is 1.16. The molecule has 1 aromatic heterocycles. The summed E-state index contributed by atoms with van der Waals surface area (Å²) >= 11 is 0. The van der Waals surface area contributed by atoms with Crippen molar-refractivity contribution in [2.75, 3.05) is 24.5 Å². The number of carbonyl (C=O) groups is 1. The van der Waals surface area contributed by atoms with Gasteiger partial charge in [0.25, 0.3) is 0 Å². The average molecular weight is 395 g/mol. The number of carboxylic acid groups (broad SMARTS) is 1. The molecule has 8 nitrogen and oxygen atoms in total. The number of β-amino-alcohol motifs (C(OH)–C–C–N with tert-alkyl or cyclic N) is 1. The number of benzene rings is 1. The van der Waals surface area contributed by atoms with Crippen molar-refractivity contribution in [2.24, 2.45) is 5.73 Å². The van der Waals surface area contributed by atoms with E-state index in [4.69, 9.17) is 10.8 Å². The summed E-state index contributed by atoms with van der Waals surface area (Å²) in [6.45, 7) is 0.140. The topological polar surface area (TPSA) is 118 Å². The van der Waals surface area contributed by atoms with Gasteiger partial charge in [-0.25, -0.2) is 13.6 Å². The second kappa shape index (κ2) is 6.42. The highest BCUT2D eigenvalue weighted by Crippen LogP contribution is 2.41. The highest BCUT2D eigenvalue weighted by atomic mass is 19.1. The van der Waals surface area contributed by atoms with Gasteiger partial charge in [0.2, 0.25) is 5.43 Å². The number of halogens is 2. The molecule has 4 N–H and O–H groups in total. The van der Waals surface area contributed by atoms with Gasteiger partial charge in [0.1, 0.15) is 11.5 Å². The monoisotopic (exact) mass is 395 g/mol. The van der Waals surface area contributed by atoms with E-state index in [-0.39, 0.29) is 48.7 Å². The van der Waals surface area contributed by atoms with Crippen molar-refractivity contribution in [1.29, 1.82) is 0 Å². The fourth-order valence-corrected chi connectivity index (χ4v) is 3.72. The Bertz CT molecular complexity index is 1040. The SMILES string of the molecule is NCC1(O)CCN(c2c(F)cc3c(=O)c(OC(=O)O)cn(C4CC4)c3c2F)C1. The zero-order valence-corrected chi connectivity index (χ0v) is 14.8. The van der Waals surface area contributed by atoms with Crippen LogP contribution in [0.15, 0.2) is 17.1 Å². The molecule has 1 unspecified atom stereocenters. The molecule has 2 aliphatic rings. The standard InChI is InChI=1S/C18H19F2N3O5/c19-11-5-10-14(13(20)15(11)22-4-3-18(27,7-21)8-22)23(9-1-2-9)6-12(16(10)24)28-17(25)26/h5-6,9,27H,1-4,7-8,21H2,(H,25,26). The van der Waals surface area contributed by atoms with Crippen molar-refractivity contribution in [3.8, 4) is 5.75 Å². The number of hydrogen-bond acceptors (Lipinski definition) is 6. The fourth-order valence-electron chi connectivity index (χ4n) is 3.72. The minimum atomic E-state index is -1.69. The van der Waals surface area contributed by atoms with E-state index >= 15 is 4.39 Å². The minimum absolute atomic E-state index is 0.0310. The van der Waals surface area contributed by atoms with Gasteiger partial charge in [-0.05, 0) is 25.3 Å². The van der Waals surface area contributed by atoms with Crippen molar-refractivity contribution in [2.45, 2.75) is 30.9 Å². The van der Waals surface area contributed by atoms with Crippen molar-refractivity contribution in [3.63, 3.8) is 0 Å². The lowest BCUT2D eigenvalue weighted by molar-refractivity contribution is 0.0725. The largest absolute Gasteiger partial charge is 0.511 e. The van der Waals surface area contributed by atoms with E-state index in [0.717, 1.165) is 12.3 Å². The molecule has 1 saturated heterocycles. The molecule has 1 aromatic carbocycles. The molecular formula is C18H19F2N3O5. The summed E-state index contributed by atoms with van der Waals surface area (Å²) in [7, 11) is 0. The van der Waals surface area contributed by atoms with E-state index in [2.05, 4.69) is 4.74 Å². The lowest BCUT2D eigenvalue weighted by atomic mass is 10.0. The predicted octanol–water partition coefficient (Wildman–Crippen LogP) is 1.57. The van der Waals surface area contributed by atoms with Crippen LogP contribution in [0.4, 0.5) is 19.3 Å². The van der Waals surface area contributed by atoms with Crippen LogP contribution in [0.1, 0.15) is 25.3 Å². The van der Waals surface area contributed by atoms with Crippen molar-refractivity contribution in [3.05, 3.63) is 34.1 Å². The molecule has 28 heavy (non-hydrogen) atoms. The van der Waals surface area contributed by atoms with Crippen LogP contribution in [0.5, 0.6) is 5.75 Å². The quantitative estimate of drug-likeness (QED) is 0.673. The van der Waals surface area contributed by atoms with Crippen molar-refractivity contribution < 1.29 is 28.5 Å². The van der Waals surface area contributed by atoms with Gasteiger partial charge < -0.3 is 30.2 Å². The number of ether oxygens (including phenoxy) is 1. The van der Waals surface area contributed by atoms with Crippen LogP contribution in [-0.4, -0.2) is 46.2 Å². The Morgan fingerprint density at radius 3 is 2.68 bits per heavy atom. The van der Waals surface area contributed by atoms with Gasteiger partial charge in [-0.15, -0.1) is 0 Å². The lowest BCUT2D eigenvalue weighted by Gasteiger charge is -2.24. The Kier molecular flexibility index (Phi) is 4.27.